The average molecular weight is 400 g/mol. The van der Waals surface area contributed by atoms with E-state index in [2.05, 4.69) is 46.4 Å². The fraction of sp³-hybridized carbons (Fsp3) is 0.478. The molecule has 2 aromatic rings. The Hall–Kier alpha value is -1.91. The summed E-state index contributed by atoms with van der Waals surface area (Å²) in [7, 11) is 0. The van der Waals surface area contributed by atoms with Crippen molar-refractivity contribution in [2.24, 2.45) is 5.92 Å². The number of amides is 1. The van der Waals surface area contributed by atoms with E-state index >= 15 is 0 Å². The van der Waals surface area contributed by atoms with E-state index in [1.165, 1.54) is 11.1 Å². The highest BCUT2D eigenvalue weighted by Gasteiger charge is 2.47. The van der Waals surface area contributed by atoms with Crippen LogP contribution in [0.3, 0.4) is 0 Å². The third-order valence-electron chi connectivity index (χ3n) is 6.02. The first-order valence-corrected chi connectivity index (χ1v) is 10.2. The fourth-order valence-corrected chi connectivity index (χ4v) is 4.39. The van der Waals surface area contributed by atoms with Gasteiger partial charge in [0.2, 0.25) is 5.91 Å². The monoisotopic (exact) mass is 399 g/mol. The van der Waals surface area contributed by atoms with Gasteiger partial charge in [-0.15, -0.1) is 12.4 Å². The lowest BCUT2D eigenvalue weighted by atomic mass is 10.0. The molecule has 0 radical (unpaired) electrons. The van der Waals surface area contributed by atoms with Crippen molar-refractivity contribution in [2.75, 3.05) is 13.1 Å². The van der Waals surface area contributed by atoms with Crippen LogP contribution in [0.5, 0.6) is 0 Å². The molecule has 28 heavy (non-hydrogen) atoms. The van der Waals surface area contributed by atoms with Crippen molar-refractivity contribution in [3.05, 3.63) is 65.5 Å². The second-order valence-electron chi connectivity index (χ2n) is 7.93. The molecule has 1 N–H and O–H groups in total. The molecular formula is C23H30ClN3O. The Morgan fingerprint density at radius 1 is 1.14 bits per heavy atom. The molecule has 2 aliphatic rings. The van der Waals surface area contributed by atoms with E-state index in [0.717, 1.165) is 44.5 Å². The molecule has 1 aromatic carbocycles. The number of halogens is 1. The number of pyridine rings is 1. The molecule has 4 rings (SSSR count). The predicted octanol–water partition coefficient (Wildman–Crippen LogP) is 4.09. The summed E-state index contributed by atoms with van der Waals surface area (Å²) in [5, 5.41) is 3.47. The second kappa shape index (κ2) is 9.53. The molecule has 150 valence electrons. The van der Waals surface area contributed by atoms with Gasteiger partial charge in [-0.3, -0.25) is 9.78 Å². The molecule has 4 nitrogen and oxygen atoms in total. The number of carbonyl (C=O) groups excluding carboxylic acids is 1. The summed E-state index contributed by atoms with van der Waals surface area (Å²) in [6.45, 7) is 4.82. The van der Waals surface area contributed by atoms with Gasteiger partial charge in [-0.25, -0.2) is 0 Å². The lowest BCUT2D eigenvalue weighted by Gasteiger charge is -2.31. The van der Waals surface area contributed by atoms with Crippen LogP contribution < -0.4 is 5.32 Å². The maximum absolute atomic E-state index is 13.5. The van der Waals surface area contributed by atoms with Crippen LogP contribution in [-0.4, -0.2) is 34.9 Å². The standard InChI is InChI=1S/C23H29N3O.ClH/c1-17-7-2-3-10-20(17)21-15-22(21)23(27)26(16-18-8-4-5-13-25-18)19-9-6-12-24-14-11-19;/h2-5,7-8,10,13,19,21-22,24H,6,9,11-12,14-16H2,1H3;1H. The van der Waals surface area contributed by atoms with Crippen LogP contribution in [0, 0.1) is 12.8 Å². The summed E-state index contributed by atoms with van der Waals surface area (Å²) in [4.78, 5) is 20.1. The normalized spacial score (nSPS) is 24.0. The van der Waals surface area contributed by atoms with E-state index in [9.17, 15) is 4.79 Å². The van der Waals surface area contributed by atoms with Crippen molar-refractivity contribution in [1.29, 1.82) is 0 Å². The minimum atomic E-state index is 0. The average Bonchev–Trinajstić information content (AvgIpc) is 3.51. The van der Waals surface area contributed by atoms with E-state index in [0.29, 0.717) is 24.4 Å². The molecule has 1 aliphatic carbocycles. The number of hydrogen-bond donors (Lipinski definition) is 1. The molecule has 1 amide bonds. The van der Waals surface area contributed by atoms with Crippen molar-refractivity contribution < 1.29 is 4.79 Å². The molecule has 0 spiro atoms. The lowest BCUT2D eigenvalue weighted by Crippen LogP contribution is -2.41. The van der Waals surface area contributed by atoms with Gasteiger partial charge in [-0.2, -0.15) is 0 Å². The van der Waals surface area contributed by atoms with E-state index in [-0.39, 0.29) is 18.3 Å². The van der Waals surface area contributed by atoms with E-state index in [4.69, 9.17) is 0 Å². The molecule has 1 saturated heterocycles. The second-order valence-corrected chi connectivity index (χ2v) is 7.93. The van der Waals surface area contributed by atoms with Crippen LogP contribution in [0.4, 0.5) is 0 Å². The maximum atomic E-state index is 13.5. The van der Waals surface area contributed by atoms with Crippen molar-refractivity contribution in [3.8, 4) is 0 Å². The Labute approximate surface area is 174 Å². The number of aryl methyl sites for hydroxylation is 1. The van der Waals surface area contributed by atoms with Crippen LogP contribution in [-0.2, 0) is 11.3 Å². The molecule has 2 heterocycles. The highest BCUT2D eigenvalue weighted by Crippen LogP contribution is 2.49. The summed E-state index contributed by atoms with van der Waals surface area (Å²) in [6, 6.07) is 14.8. The summed E-state index contributed by atoms with van der Waals surface area (Å²) in [5.41, 5.74) is 3.63. The Kier molecular flexibility index (Phi) is 7.08. The molecule has 3 atom stereocenters. The van der Waals surface area contributed by atoms with Gasteiger partial charge in [0.05, 0.1) is 12.2 Å². The summed E-state index contributed by atoms with van der Waals surface area (Å²) >= 11 is 0. The number of hydrogen-bond acceptors (Lipinski definition) is 3. The zero-order valence-corrected chi connectivity index (χ0v) is 17.3. The highest BCUT2D eigenvalue weighted by molar-refractivity contribution is 5.85. The zero-order valence-electron chi connectivity index (χ0n) is 16.5. The van der Waals surface area contributed by atoms with Crippen LogP contribution in [0.2, 0.25) is 0 Å². The van der Waals surface area contributed by atoms with Gasteiger partial charge in [-0.05, 0) is 74.9 Å². The molecule has 2 fully saturated rings. The smallest absolute Gasteiger partial charge is 0.226 e. The molecule has 5 heteroatoms. The lowest BCUT2D eigenvalue weighted by molar-refractivity contribution is -0.136. The third kappa shape index (κ3) is 4.73. The van der Waals surface area contributed by atoms with Crippen molar-refractivity contribution in [2.45, 2.75) is 51.1 Å². The first kappa shape index (κ1) is 20.8. The summed E-state index contributed by atoms with van der Waals surface area (Å²) < 4.78 is 0. The molecular weight excluding hydrogens is 370 g/mol. The van der Waals surface area contributed by atoms with Gasteiger partial charge in [0.15, 0.2) is 0 Å². The predicted molar refractivity (Wildman–Crippen MR) is 115 cm³/mol. The summed E-state index contributed by atoms with van der Waals surface area (Å²) in [6.07, 6.45) is 6.03. The molecule has 3 unspecified atom stereocenters. The van der Waals surface area contributed by atoms with Gasteiger partial charge >= 0.3 is 0 Å². The van der Waals surface area contributed by atoms with Crippen LogP contribution in [0.1, 0.15) is 48.4 Å². The Bertz CT molecular complexity index is 774. The van der Waals surface area contributed by atoms with Gasteiger partial charge in [-0.1, -0.05) is 30.3 Å². The van der Waals surface area contributed by atoms with E-state index < -0.39 is 0 Å². The highest BCUT2D eigenvalue weighted by atomic mass is 35.5. The number of aromatic nitrogens is 1. The SMILES string of the molecule is Cc1ccccc1C1CC1C(=O)N(Cc1ccccn1)C1CCCNCC1.Cl. The largest absolute Gasteiger partial charge is 0.334 e. The van der Waals surface area contributed by atoms with Crippen LogP contribution in [0.15, 0.2) is 48.7 Å². The Morgan fingerprint density at radius 3 is 2.75 bits per heavy atom. The number of rotatable bonds is 5. The fourth-order valence-electron chi connectivity index (χ4n) is 4.39. The van der Waals surface area contributed by atoms with Crippen molar-refractivity contribution >= 4 is 18.3 Å². The Balaban J connectivity index is 0.00000225. The first-order chi connectivity index (χ1) is 13.2. The zero-order chi connectivity index (χ0) is 18.6. The number of nitrogens with one attached hydrogen (secondary N) is 1. The molecule has 1 saturated carbocycles. The van der Waals surface area contributed by atoms with Crippen LogP contribution >= 0.6 is 12.4 Å². The molecule has 1 aromatic heterocycles. The quantitative estimate of drug-likeness (QED) is 0.823. The van der Waals surface area contributed by atoms with Gasteiger partial charge in [0.25, 0.3) is 0 Å². The summed E-state index contributed by atoms with van der Waals surface area (Å²) in [5.74, 6) is 0.834. The minimum absolute atomic E-state index is 0. The van der Waals surface area contributed by atoms with Crippen molar-refractivity contribution in [3.63, 3.8) is 0 Å². The molecule has 0 bridgehead atoms. The van der Waals surface area contributed by atoms with Gasteiger partial charge < -0.3 is 10.2 Å². The van der Waals surface area contributed by atoms with Gasteiger partial charge in [0.1, 0.15) is 0 Å². The van der Waals surface area contributed by atoms with Crippen molar-refractivity contribution in [1.82, 2.24) is 15.2 Å². The van der Waals surface area contributed by atoms with Gasteiger partial charge in [0, 0.05) is 18.2 Å². The number of carbonyl (C=O) groups is 1. The number of nitrogens with zero attached hydrogens (tertiary/aromatic N) is 2. The maximum Gasteiger partial charge on any atom is 0.226 e. The van der Waals surface area contributed by atoms with Crippen LogP contribution in [0.25, 0.3) is 0 Å². The number of benzene rings is 1. The third-order valence-corrected chi connectivity index (χ3v) is 6.02. The molecule has 1 aliphatic heterocycles. The first-order valence-electron chi connectivity index (χ1n) is 10.2. The van der Waals surface area contributed by atoms with E-state index in [1.807, 2.05) is 24.4 Å². The minimum Gasteiger partial charge on any atom is -0.334 e. The van der Waals surface area contributed by atoms with E-state index in [1.54, 1.807) is 0 Å². The topological polar surface area (TPSA) is 45.2 Å². The Morgan fingerprint density at radius 2 is 1.96 bits per heavy atom.